The van der Waals surface area contributed by atoms with E-state index in [4.69, 9.17) is 26.2 Å². The molecule has 1 aromatic heterocycles. The number of hydrogen-bond donors (Lipinski definition) is 0. The van der Waals surface area contributed by atoms with Crippen LogP contribution < -0.4 is 9.75 Å². The van der Waals surface area contributed by atoms with E-state index in [0.717, 1.165) is 29.0 Å². The Bertz CT molecular complexity index is 1620. The average molecular weight is 609 g/mol. The second kappa shape index (κ2) is 12.0. The molecule has 0 saturated heterocycles. The van der Waals surface area contributed by atoms with Gasteiger partial charge in [0.2, 0.25) is 0 Å². The highest BCUT2D eigenvalue weighted by atomic mass is 35.5. The fraction of sp³-hybridized carbons (Fsp3) is 0.250. The maximum Gasteiger partial charge on any atom is 0.416 e. The van der Waals surface area contributed by atoms with Crippen molar-refractivity contribution in [3.05, 3.63) is 118 Å². The van der Waals surface area contributed by atoms with Gasteiger partial charge in [-0.25, -0.2) is 14.8 Å². The zero-order valence-electron chi connectivity index (χ0n) is 23.6. The Balaban J connectivity index is 1.50. The average Bonchev–Trinajstić information content (AvgIpc) is 3.41. The molecule has 222 valence electrons. The van der Waals surface area contributed by atoms with Crippen molar-refractivity contribution < 1.29 is 27.4 Å². The highest BCUT2D eigenvalue weighted by Gasteiger charge is 2.34. The number of ether oxygens (including phenoxy) is 2. The molecule has 0 spiro atoms. The first-order valence-corrected chi connectivity index (χ1v) is 13.8. The first-order valence-electron chi connectivity index (χ1n) is 13.4. The number of esters is 1. The number of nitrogens with zero attached hydrogens (tertiary/aromatic N) is 4. The topological polar surface area (TPSA) is 76.9 Å². The van der Waals surface area contributed by atoms with Crippen molar-refractivity contribution in [2.45, 2.75) is 45.1 Å². The lowest BCUT2D eigenvalue weighted by atomic mass is 9.91. The molecule has 1 atom stereocenters. The van der Waals surface area contributed by atoms with Crippen LogP contribution in [0.3, 0.4) is 0 Å². The minimum atomic E-state index is -4.44. The van der Waals surface area contributed by atoms with Crippen molar-refractivity contribution >= 4 is 29.1 Å². The normalized spacial score (nSPS) is 15.3. The Hall–Kier alpha value is -4.44. The molecule has 0 aliphatic carbocycles. The van der Waals surface area contributed by atoms with Crippen LogP contribution in [0.2, 0.25) is 5.02 Å². The lowest BCUT2D eigenvalue weighted by molar-refractivity contribution is -0.137. The van der Waals surface area contributed by atoms with Gasteiger partial charge in [0.25, 0.3) is 0 Å². The number of hydrazone groups is 1. The molecule has 0 saturated carbocycles. The minimum Gasteiger partial charge on any atom is -0.459 e. The number of aromatic nitrogens is 2. The Labute approximate surface area is 251 Å². The van der Waals surface area contributed by atoms with Gasteiger partial charge in [-0.05, 0) is 61.7 Å². The van der Waals surface area contributed by atoms with Crippen LogP contribution in [0.4, 0.5) is 19.0 Å². The largest absolute Gasteiger partial charge is 0.459 e. The van der Waals surface area contributed by atoms with E-state index in [0.29, 0.717) is 17.1 Å². The lowest BCUT2D eigenvalue weighted by Crippen LogP contribution is -2.27. The third-order valence-corrected chi connectivity index (χ3v) is 6.77. The molecule has 0 N–H and O–H groups in total. The summed E-state index contributed by atoms with van der Waals surface area (Å²) in [6, 6.07) is 21.7. The summed E-state index contributed by atoms with van der Waals surface area (Å²) >= 11 is 6.14. The molecular formula is C32H28ClF3N4O3. The van der Waals surface area contributed by atoms with Crippen molar-refractivity contribution in [1.82, 2.24) is 9.97 Å². The highest BCUT2D eigenvalue weighted by Crippen LogP contribution is 2.34. The van der Waals surface area contributed by atoms with Crippen LogP contribution in [0.1, 0.15) is 59.3 Å². The van der Waals surface area contributed by atoms with Gasteiger partial charge >= 0.3 is 18.2 Å². The van der Waals surface area contributed by atoms with Gasteiger partial charge in [-0.15, -0.1) is 0 Å². The van der Waals surface area contributed by atoms with Crippen molar-refractivity contribution in [2.24, 2.45) is 5.10 Å². The van der Waals surface area contributed by atoms with Crippen LogP contribution in [0.5, 0.6) is 6.01 Å². The van der Waals surface area contributed by atoms with Crippen molar-refractivity contribution in [2.75, 3.05) is 11.6 Å². The molecule has 0 amide bonds. The van der Waals surface area contributed by atoms with Crippen molar-refractivity contribution in [1.29, 1.82) is 0 Å². The SMILES string of the molecule is CC(C)(C)OC(=O)c1cnc(OCc2ccc(C(F)(F)F)cc2)nc1N1CC(c2ccccc2)C(c2ccc(Cl)cc2)=N1. The molecule has 0 bridgehead atoms. The van der Waals surface area contributed by atoms with Crippen molar-refractivity contribution in [3.63, 3.8) is 0 Å². The number of carbonyl (C=O) groups excluding carboxylic acids is 1. The monoisotopic (exact) mass is 608 g/mol. The second-order valence-electron chi connectivity index (χ2n) is 10.9. The lowest BCUT2D eigenvalue weighted by Gasteiger charge is -2.22. The van der Waals surface area contributed by atoms with E-state index in [1.165, 1.54) is 18.3 Å². The summed E-state index contributed by atoms with van der Waals surface area (Å²) in [5.74, 6) is -0.625. The van der Waals surface area contributed by atoms with Gasteiger partial charge in [-0.2, -0.15) is 23.3 Å². The number of anilines is 1. The number of rotatable bonds is 7. The zero-order chi connectivity index (χ0) is 30.8. The van der Waals surface area contributed by atoms with E-state index in [1.54, 1.807) is 37.9 Å². The minimum absolute atomic E-state index is 0.0754. The Morgan fingerprint density at radius 3 is 2.28 bits per heavy atom. The van der Waals surface area contributed by atoms with Gasteiger partial charge in [0.15, 0.2) is 5.82 Å². The Morgan fingerprint density at radius 1 is 0.977 bits per heavy atom. The molecule has 1 unspecified atom stereocenters. The van der Waals surface area contributed by atoms with Crippen LogP contribution in [0.15, 0.2) is 90.2 Å². The van der Waals surface area contributed by atoms with E-state index < -0.39 is 23.3 Å². The van der Waals surface area contributed by atoms with E-state index in [1.807, 2.05) is 42.5 Å². The quantitative estimate of drug-likeness (QED) is 0.200. The molecule has 7 nitrogen and oxygen atoms in total. The maximum absolute atomic E-state index is 13.3. The molecule has 0 fully saturated rings. The standard InChI is InChI=1S/C32H28ClF3N4O3/c1-31(2,3)43-29(41)25-17-37-30(42-19-20-9-13-23(14-10-20)32(34,35)36)38-28(25)40-18-26(21-7-5-4-6-8-21)27(39-40)22-11-15-24(33)16-12-22/h4-17,26H,18-19H2,1-3H3. The van der Waals surface area contributed by atoms with Crippen LogP contribution in [-0.2, 0) is 17.5 Å². The summed E-state index contributed by atoms with van der Waals surface area (Å²) in [6.45, 7) is 5.53. The van der Waals surface area contributed by atoms with E-state index >= 15 is 0 Å². The van der Waals surface area contributed by atoms with Crippen LogP contribution in [-0.4, -0.2) is 33.8 Å². The van der Waals surface area contributed by atoms with Gasteiger partial charge in [-0.3, -0.25) is 0 Å². The number of alkyl halides is 3. The molecule has 2 heterocycles. The predicted octanol–water partition coefficient (Wildman–Crippen LogP) is 7.69. The summed E-state index contributed by atoms with van der Waals surface area (Å²) < 4.78 is 50.2. The molecule has 1 aliphatic rings. The van der Waals surface area contributed by atoms with Gasteiger partial charge in [0.05, 0.1) is 24.0 Å². The number of halogens is 4. The van der Waals surface area contributed by atoms with E-state index in [-0.39, 0.29) is 29.9 Å². The second-order valence-corrected chi connectivity index (χ2v) is 11.3. The first kappa shape index (κ1) is 30.0. The van der Waals surface area contributed by atoms with Crippen LogP contribution >= 0.6 is 11.6 Å². The molecular weight excluding hydrogens is 581 g/mol. The smallest absolute Gasteiger partial charge is 0.416 e. The number of hydrogen-bond acceptors (Lipinski definition) is 7. The Kier molecular flexibility index (Phi) is 8.41. The summed E-state index contributed by atoms with van der Waals surface area (Å²) in [5.41, 5.74) is 1.67. The fourth-order valence-electron chi connectivity index (χ4n) is 4.50. The summed E-state index contributed by atoms with van der Waals surface area (Å²) in [5, 5.41) is 7.10. The molecule has 1 aliphatic heterocycles. The third-order valence-electron chi connectivity index (χ3n) is 6.51. The van der Waals surface area contributed by atoms with Crippen molar-refractivity contribution in [3.8, 4) is 6.01 Å². The molecule has 5 rings (SSSR count). The summed E-state index contributed by atoms with van der Waals surface area (Å²) in [4.78, 5) is 22.0. The highest BCUT2D eigenvalue weighted by molar-refractivity contribution is 6.30. The number of carbonyl (C=O) groups is 1. The van der Waals surface area contributed by atoms with E-state index in [9.17, 15) is 18.0 Å². The molecule has 0 radical (unpaired) electrons. The van der Waals surface area contributed by atoms with Crippen LogP contribution in [0, 0.1) is 0 Å². The molecule has 43 heavy (non-hydrogen) atoms. The van der Waals surface area contributed by atoms with Gasteiger partial charge in [0.1, 0.15) is 17.8 Å². The predicted molar refractivity (Wildman–Crippen MR) is 157 cm³/mol. The maximum atomic E-state index is 13.3. The molecule has 11 heteroatoms. The summed E-state index contributed by atoms with van der Waals surface area (Å²) in [7, 11) is 0. The zero-order valence-corrected chi connectivity index (χ0v) is 24.4. The van der Waals surface area contributed by atoms with Gasteiger partial charge in [-0.1, -0.05) is 66.2 Å². The van der Waals surface area contributed by atoms with Crippen LogP contribution in [0.25, 0.3) is 0 Å². The first-order chi connectivity index (χ1) is 20.4. The third kappa shape index (κ3) is 7.32. The Morgan fingerprint density at radius 2 is 1.65 bits per heavy atom. The van der Waals surface area contributed by atoms with Gasteiger partial charge in [0, 0.05) is 10.9 Å². The van der Waals surface area contributed by atoms with Gasteiger partial charge < -0.3 is 9.47 Å². The fourth-order valence-corrected chi connectivity index (χ4v) is 4.63. The summed E-state index contributed by atoms with van der Waals surface area (Å²) in [6.07, 6.45) is -3.13. The molecule has 4 aromatic rings. The van der Waals surface area contributed by atoms with E-state index in [2.05, 4.69) is 9.97 Å². The number of benzene rings is 3. The molecule has 3 aromatic carbocycles.